The number of hydrogen-bond acceptors (Lipinski definition) is 4. The van der Waals surface area contributed by atoms with Gasteiger partial charge in [-0.05, 0) is 43.6 Å². The van der Waals surface area contributed by atoms with Crippen molar-refractivity contribution in [1.82, 2.24) is 10.6 Å². The third-order valence-electron chi connectivity index (χ3n) is 3.63. The molecule has 0 aliphatic carbocycles. The first-order chi connectivity index (χ1) is 9.63. The Balaban J connectivity index is 1.97. The van der Waals surface area contributed by atoms with Crippen LogP contribution in [0, 0.1) is 5.92 Å². The second-order valence-corrected chi connectivity index (χ2v) is 5.13. The zero-order valence-corrected chi connectivity index (χ0v) is 12.2. The quantitative estimate of drug-likeness (QED) is 0.827. The highest BCUT2D eigenvalue weighted by atomic mass is 16.5. The Hall–Kier alpha value is -1.75. The molecule has 0 bridgehead atoms. The van der Waals surface area contributed by atoms with E-state index in [0.29, 0.717) is 23.8 Å². The van der Waals surface area contributed by atoms with Crippen LogP contribution >= 0.6 is 0 Å². The van der Waals surface area contributed by atoms with Gasteiger partial charge < -0.3 is 20.1 Å². The van der Waals surface area contributed by atoms with E-state index in [1.165, 1.54) is 0 Å². The molecule has 2 rings (SSSR count). The summed E-state index contributed by atoms with van der Waals surface area (Å²) in [7, 11) is 3.21. The number of benzene rings is 1. The fourth-order valence-electron chi connectivity index (χ4n) is 2.26. The molecule has 2 N–H and O–H groups in total. The summed E-state index contributed by atoms with van der Waals surface area (Å²) in [5, 5.41) is 6.19. The van der Waals surface area contributed by atoms with E-state index < -0.39 is 0 Å². The molecule has 110 valence electrons. The second-order valence-electron chi connectivity index (χ2n) is 5.13. The van der Waals surface area contributed by atoms with E-state index in [1.54, 1.807) is 14.2 Å². The number of carbonyl (C=O) groups excluding carboxylic acids is 1. The Kier molecular flexibility index (Phi) is 4.84. The van der Waals surface area contributed by atoms with Crippen LogP contribution in [-0.4, -0.2) is 33.2 Å². The van der Waals surface area contributed by atoms with Gasteiger partial charge in [-0.2, -0.15) is 0 Å². The number of amides is 1. The summed E-state index contributed by atoms with van der Waals surface area (Å²) in [6.07, 6.45) is 0.588. The van der Waals surface area contributed by atoms with Crippen molar-refractivity contribution in [1.29, 1.82) is 0 Å². The minimum absolute atomic E-state index is 0.0460. The van der Waals surface area contributed by atoms with Gasteiger partial charge in [-0.25, -0.2) is 0 Å². The molecule has 5 nitrogen and oxygen atoms in total. The highest BCUT2D eigenvalue weighted by Crippen LogP contribution is 2.29. The molecule has 0 radical (unpaired) electrons. The molecule has 1 aromatic carbocycles. The van der Waals surface area contributed by atoms with E-state index >= 15 is 0 Å². The Morgan fingerprint density at radius 3 is 2.60 bits per heavy atom. The lowest BCUT2D eigenvalue weighted by Gasteiger charge is -2.27. The molecule has 1 aliphatic rings. The van der Waals surface area contributed by atoms with Crippen LogP contribution in [0.4, 0.5) is 0 Å². The summed E-state index contributed by atoms with van der Waals surface area (Å²) < 4.78 is 10.5. The Bertz CT molecular complexity index is 472. The van der Waals surface area contributed by atoms with Crippen molar-refractivity contribution in [3.05, 3.63) is 23.8 Å². The summed E-state index contributed by atoms with van der Waals surface area (Å²) >= 11 is 0. The van der Waals surface area contributed by atoms with Gasteiger partial charge in [0.1, 0.15) is 0 Å². The van der Waals surface area contributed by atoms with Crippen molar-refractivity contribution in [2.45, 2.75) is 19.4 Å². The van der Waals surface area contributed by atoms with Crippen molar-refractivity contribution in [2.24, 2.45) is 5.92 Å². The maximum Gasteiger partial charge on any atom is 0.220 e. The van der Waals surface area contributed by atoms with Gasteiger partial charge in [0.05, 0.1) is 20.3 Å². The molecule has 5 heteroatoms. The minimum atomic E-state index is -0.0460. The van der Waals surface area contributed by atoms with Crippen LogP contribution in [0.15, 0.2) is 18.2 Å². The van der Waals surface area contributed by atoms with Gasteiger partial charge in [-0.1, -0.05) is 6.07 Å². The van der Waals surface area contributed by atoms with E-state index in [9.17, 15) is 4.79 Å². The number of ether oxygens (including phenoxy) is 2. The van der Waals surface area contributed by atoms with E-state index in [1.807, 2.05) is 25.1 Å². The van der Waals surface area contributed by atoms with Gasteiger partial charge in [-0.3, -0.25) is 4.79 Å². The number of hydrogen-bond donors (Lipinski definition) is 2. The highest BCUT2D eigenvalue weighted by molar-refractivity contribution is 5.76. The van der Waals surface area contributed by atoms with Crippen LogP contribution in [0.25, 0.3) is 0 Å². The second kappa shape index (κ2) is 6.61. The van der Waals surface area contributed by atoms with Crippen LogP contribution in [0.5, 0.6) is 11.5 Å². The monoisotopic (exact) mass is 278 g/mol. The van der Waals surface area contributed by atoms with Gasteiger partial charge in [0.2, 0.25) is 5.91 Å². The average molecular weight is 278 g/mol. The smallest absolute Gasteiger partial charge is 0.220 e. The van der Waals surface area contributed by atoms with Crippen molar-refractivity contribution < 1.29 is 14.3 Å². The lowest BCUT2D eigenvalue weighted by molar-refractivity contribution is -0.123. The molecule has 20 heavy (non-hydrogen) atoms. The van der Waals surface area contributed by atoms with Gasteiger partial charge in [0.25, 0.3) is 0 Å². The first kappa shape index (κ1) is 14.7. The predicted octanol–water partition coefficient (Wildman–Crippen LogP) is 1.49. The summed E-state index contributed by atoms with van der Waals surface area (Å²) in [6.45, 7) is 3.86. The van der Waals surface area contributed by atoms with Crippen LogP contribution in [0.3, 0.4) is 0 Å². The average Bonchev–Trinajstić information content (AvgIpc) is 2.42. The molecule has 1 heterocycles. The summed E-state index contributed by atoms with van der Waals surface area (Å²) in [6, 6.07) is 5.65. The molecule has 0 saturated carbocycles. The summed E-state index contributed by atoms with van der Waals surface area (Å²) in [4.78, 5) is 11.9. The SMILES string of the molecule is COc1ccc(C(C)NC(=O)CC2CNC2)cc1OC. The molecule has 1 unspecified atom stereocenters. The third-order valence-corrected chi connectivity index (χ3v) is 3.63. The highest BCUT2D eigenvalue weighted by Gasteiger charge is 2.21. The maximum atomic E-state index is 11.9. The molecular weight excluding hydrogens is 256 g/mol. The maximum absolute atomic E-state index is 11.9. The van der Waals surface area contributed by atoms with Crippen molar-refractivity contribution in [2.75, 3.05) is 27.3 Å². The van der Waals surface area contributed by atoms with Gasteiger partial charge in [0.15, 0.2) is 11.5 Å². The van der Waals surface area contributed by atoms with Crippen molar-refractivity contribution in [3.8, 4) is 11.5 Å². The van der Waals surface area contributed by atoms with Gasteiger partial charge in [0, 0.05) is 6.42 Å². The van der Waals surface area contributed by atoms with Crippen LogP contribution < -0.4 is 20.1 Å². The lowest BCUT2D eigenvalue weighted by atomic mass is 9.98. The number of methoxy groups -OCH3 is 2. The molecule has 1 atom stereocenters. The minimum Gasteiger partial charge on any atom is -0.493 e. The Morgan fingerprint density at radius 2 is 2.05 bits per heavy atom. The fourth-order valence-corrected chi connectivity index (χ4v) is 2.26. The predicted molar refractivity (Wildman–Crippen MR) is 77.1 cm³/mol. The Morgan fingerprint density at radius 1 is 1.35 bits per heavy atom. The largest absolute Gasteiger partial charge is 0.493 e. The standard InChI is InChI=1S/C15H22N2O3/c1-10(17-15(18)6-11-8-16-9-11)12-4-5-13(19-2)14(7-12)20-3/h4-5,7,10-11,16H,6,8-9H2,1-3H3,(H,17,18). The normalized spacial score (nSPS) is 16.1. The molecule has 0 spiro atoms. The molecule has 1 aliphatic heterocycles. The number of nitrogens with one attached hydrogen (secondary N) is 2. The molecule has 1 fully saturated rings. The number of rotatable bonds is 6. The first-order valence-corrected chi connectivity index (χ1v) is 6.86. The lowest BCUT2D eigenvalue weighted by Crippen LogP contribution is -2.44. The molecule has 1 amide bonds. The first-order valence-electron chi connectivity index (χ1n) is 6.86. The van der Waals surface area contributed by atoms with Crippen molar-refractivity contribution in [3.63, 3.8) is 0 Å². The van der Waals surface area contributed by atoms with Crippen LogP contribution in [0.2, 0.25) is 0 Å². The van der Waals surface area contributed by atoms with E-state index in [4.69, 9.17) is 9.47 Å². The Labute approximate surface area is 119 Å². The van der Waals surface area contributed by atoms with E-state index in [2.05, 4.69) is 10.6 Å². The third kappa shape index (κ3) is 3.42. The molecule has 1 saturated heterocycles. The van der Waals surface area contributed by atoms with E-state index in [0.717, 1.165) is 18.7 Å². The summed E-state index contributed by atoms with van der Waals surface area (Å²) in [5.41, 5.74) is 1.00. The fraction of sp³-hybridized carbons (Fsp3) is 0.533. The van der Waals surface area contributed by atoms with Crippen LogP contribution in [0.1, 0.15) is 24.9 Å². The van der Waals surface area contributed by atoms with Crippen molar-refractivity contribution >= 4 is 5.91 Å². The zero-order valence-electron chi connectivity index (χ0n) is 12.2. The molecular formula is C15H22N2O3. The molecule has 0 aromatic heterocycles. The zero-order chi connectivity index (χ0) is 14.5. The van der Waals surface area contributed by atoms with Crippen LogP contribution in [-0.2, 0) is 4.79 Å². The molecule has 1 aromatic rings. The van der Waals surface area contributed by atoms with E-state index in [-0.39, 0.29) is 11.9 Å². The topological polar surface area (TPSA) is 59.6 Å². The van der Waals surface area contributed by atoms with Gasteiger partial charge >= 0.3 is 0 Å². The summed E-state index contributed by atoms with van der Waals surface area (Å²) in [5.74, 6) is 1.94. The number of carbonyl (C=O) groups is 1. The van der Waals surface area contributed by atoms with Gasteiger partial charge in [-0.15, -0.1) is 0 Å².